The first-order valence-corrected chi connectivity index (χ1v) is 8.28. The molecule has 0 bridgehead atoms. The lowest BCUT2D eigenvalue weighted by Gasteiger charge is -2.30. The van der Waals surface area contributed by atoms with Crippen LogP contribution in [0.5, 0.6) is 0 Å². The van der Waals surface area contributed by atoms with E-state index in [0.29, 0.717) is 32.2 Å². The highest BCUT2D eigenvalue weighted by molar-refractivity contribution is 7.86. The molecular formula is C12H22N2O5S. The van der Waals surface area contributed by atoms with Crippen LogP contribution in [0.3, 0.4) is 0 Å². The van der Waals surface area contributed by atoms with Gasteiger partial charge in [-0.3, -0.25) is 4.79 Å². The van der Waals surface area contributed by atoms with Crippen LogP contribution in [-0.2, 0) is 24.5 Å². The fourth-order valence-corrected chi connectivity index (χ4v) is 3.43. The molecule has 2 rings (SSSR count). The van der Waals surface area contributed by atoms with Crippen molar-refractivity contribution in [2.24, 2.45) is 11.8 Å². The highest BCUT2D eigenvalue weighted by atomic mass is 32.2. The Morgan fingerprint density at radius 1 is 1.40 bits per heavy atom. The summed E-state index contributed by atoms with van der Waals surface area (Å²) in [4.78, 5) is 11.5. The second kappa shape index (κ2) is 6.38. The average Bonchev–Trinajstić information content (AvgIpc) is 3.16. The number of morpholine rings is 1. The van der Waals surface area contributed by atoms with Gasteiger partial charge in [-0.1, -0.05) is 6.92 Å². The van der Waals surface area contributed by atoms with E-state index in [0.717, 1.165) is 6.42 Å². The van der Waals surface area contributed by atoms with Gasteiger partial charge in [-0.15, -0.1) is 0 Å². The predicted molar refractivity (Wildman–Crippen MR) is 72.2 cm³/mol. The van der Waals surface area contributed by atoms with Gasteiger partial charge in [-0.2, -0.15) is 17.0 Å². The van der Waals surface area contributed by atoms with Gasteiger partial charge in [0.2, 0.25) is 0 Å². The van der Waals surface area contributed by atoms with E-state index >= 15 is 0 Å². The zero-order chi connectivity index (χ0) is 14.8. The molecule has 20 heavy (non-hydrogen) atoms. The molecule has 8 heteroatoms. The maximum Gasteiger partial charge on any atom is 0.309 e. The Morgan fingerprint density at radius 3 is 2.55 bits per heavy atom. The first-order valence-electron chi connectivity index (χ1n) is 6.88. The molecular weight excluding hydrogens is 284 g/mol. The molecule has 116 valence electrons. The first-order chi connectivity index (χ1) is 9.43. The number of nitrogens with zero attached hydrogens (tertiary/aromatic N) is 2. The molecule has 2 atom stereocenters. The summed E-state index contributed by atoms with van der Waals surface area (Å²) in [6, 6.07) is 0. The Kier molecular flexibility index (Phi) is 5.00. The molecule has 2 aliphatic rings. The van der Waals surface area contributed by atoms with Crippen LogP contribution < -0.4 is 0 Å². The molecule has 0 aromatic rings. The van der Waals surface area contributed by atoms with E-state index in [4.69, 9.17) is 9.47 Å². The summed E-state index contributed by atoms with van der Waals surface area (Å²) in [6.45, 7) is 3.84. The number of rotatable bonds is 6. The van der Waals surface area contributed by atoms with Crippen molar-refractivity contribution in [1.82, 2.24) is 8.61 Å². The molecule has 0 spiro atoms. The maximum atomic E-state index is 12.2. The largest absolute Gasteiger partial charge is 0.464 e. The van der Waals surface area contributed by atoms with E-state index < -0.39 is 10.2 Å². The van der Waals surface area contributed by atoms with Gasteiger partial charge in [0, 0.05) is 26.7 Å². The molecule has 1 heterocycles. The second-order valence-corrected chi connectivity index (χ2v) is 7.36. The number of carbonyl (C=O) groups excluding carboxylic acids is 1. The molecule has 2 fully saturated rings. The fraction of sp³-hybridized carbons (Fsp3) is 0.917. The molecule has 0 unspecified atom stereocenters. The van der Waals surface area contributed by atoms with Crippen molar-refractivity contribution in [3.8, 4) is 0 Å². The van der Waals surface area contributed by atoms with Gasteiger partial charge in [0.15, 0.2) is 0 Å². The van der Waals surface area contributed by atoms with Crippen molar-refractivity contribution in [2.75, 3.05) is 46.5 Å². The van der Waals surface area contributed by atoms with E-state index in [2.05, 4.69) is 0 Å². The molecule has 1 saturated carbocycles. The summed E-state index contributed by atoms with van der Waals surface area (Å²) in [7, 11) is -1.98. The zero-order valence-corrected chi connectivity index (χ0v) is 12.8. The quantitative estimate of drug-likeness (QED) is 0.630. The number of ether oxygens (including phenoxy) is 2. The Bertz CT molecular complexity index is 447. The highest BCUT2D eigenvalue weighted by Crippen LogP contribution is 2.38. The van der Waals surface area contributed by atoms with Crippen molar-refractivity contribution in [3.63, 3.8) is 0 Å². The zero-order valence-electron chi connectivity index (χ0n) is 11.9. The van der Waals surface area contributed by atoms with Gasteiger partial charge in [0.25, 0.3) is 10.2 Å². The van der Waals surface area contributed by atoms with E-state index in [1.807, 2.05) is 6.92 Å². The lowest BCUT2D eigenvalue weighted by molar-refractivity contribution is -0.145. The maximum absolute atomic E-state index is 12.2. The van der Waals surface area contributed by atoms with Crippen molar-refractivity contribution >= 4 is 16.2 Å². The fourth-order valence-electron chi connectivity index (χ4n) is 2.12. The lowest BCUT2D eigenvalue weighted by atomic mass is 10.3. The van der Waals surface area contributed by atoms with Crippen LogP contribution >= 0.6 is 0 Å². The average molecular weight is 306 g/mol. The van der Waals surface area contributed by atoms with Crippen LogP contribution in [0.1, 0.15) is 13.3 Å². The Morgan fingerprint density at radius 2 is 2.00 bits per heavy atom. The van der Waals surface area contributed by atoms with Crippen LogP contribution in [-0.4, -0.2) is 69.5 Å². The molecule has 0 aromatic carbocycles. The van der Waals surface area contributed by atoms with Crippen LogP contribution in [0.15, 0.2) is 0 Å². The number of esters is 1. The minimum Gasteiger partial charge on any atom is -0.464 e. The monoisotopic (exact) mass is 306 g/mol. The van der Waals surface area contributed by atoms with Crippen LogP contribution in [0.4, 0.5) is 0 Å². The summed E-state index contributed by atoms with van der Waals surface area (Å²) in [5, 5.41) is 0. The van der Waals surface area contributed by atoms with Gasteiger partial charge < -0.3 is 9.47 Å². The summed E-state index contributed by atoms with van der Waals surface area (Å²) < 4.78 is 37.3. The summed E-state index contributed by atoms with van der Waals surface area (Å²) in [5.41, 5.74) is 0. The first kappa shape index (κ1) is 15.7. The third kappa shape index (κ3) is 3.69. The van der Waals surface area contributed by atoms with E-state index in [1.165, 1.54) is 15.7 Å². The van der Waals surface area contributed by atoms with Gasteiger partial charge in [-0.25, -0.2) is 0 Å². The Hall–Kier alpha value is -0.700. The van der Waals surface area contributed by atoms with Crippen LogP contribution in [0, 0.1) is 11.8 Å². The Labute approximate surface area is 120 Å². The second-order valence-electron chi connectivity index (χ2n) is 5.33. The van der Waals surface area contributed by atoms with Crippen LogP contribution in [0.2, 0.25) is 0 Å². The number of hydrogen-bond donors (Lipinski definition) is 0. The molecule has 0 N–H and O–H groups in total. The standard InChI is InChI=1S/C12H22N2O5S/c1-10-9-11(10)12(15)19-8-3-13(2)20(16,17)14-4-6-18-7-5-14/h10-11H,3-9H2,1-2H3/t10-,11+/m1/s1. The smallest absolute Gasteiger partial charge is 0.309 e. The molecule has 0 radical (unpaired) electrons. The number of hydrogen-bond acceptors (Lipinski definition) is 5. The molecule has 7 nitrogen and oxygen atoms in total. The van der Waals surface area contributed by atoms with Crippen molar-refractivity contribution < 1.29 is 22.7 Å². The summed E-state index contributed by atoms with van der Waals surface area (Å²) >= 11 is 0. The highest BCUT2D eigenvalue weighted by Gasteiger charge is 2.40. The third-order valence-corrected chi connectivity index (χ3v) is 5.74. The summed E-state index contributed by atoms with van der Waals surface area (Å²) in [6.07, 6.45) is 0.876. The molecule has 1 aliphatic heterocycles. The van der Waals surface area contributed by atoms with Crippen molar-refractivity contribution in [1.29, 1.82) is 0 Å². The molecule has 1 aliphatic carbocycles. The van der Waals surface area contributed by atoms with E-state index in [9.17, 15) is 13.2 Å². The molecule has 0 amide bonds. The van der Waals surface area contributed by atoms with Gasteiger partial charge in [0.1, 0.15) is 6.61 Å². The van der Waals surface area contributed by atoms with E-state index in [-0.39, 0.29) is 25.0 Å². The van der Waals surface area contributed by atoms with E-state index in [1.54, 1.807) is 0 Å². The summed E-state index contributed by atoms with van der Waals surface area (Å²) in [5.74, 6) is 0.197. The third-order valence-electron chi connectivity index (χ3n) is 3.75. The SMILES string of the molecule is C[C@@H]1C[C@@H]1C(=O)OCCN(C)S(=O)(=O)N1CCOCC1. The topological polar surface area (TPSA) is 76.2 Å². The molecule has 0 aromatic heterocycles. The van der Waals surface area contributed by atoms with Gasteiger partial charge in [0.05, 0.1) is 19.1 Å². The van der Waals surface area contributed by atoms with Gasteiger partial charge >= 0.3 is 5.97 Å². The minimum absolute atomic E-state index is 0.0103. The Balaban J connectivity index is 1.75. The van der Waals surface area contributed by atoms with Crippen LogP contribution in [0.25, 0.3) is 0 Å². The number of carbonyl (C=O) groups is 1. The van der Waals surface area contributed by atoms with Crippen molar-refractivity contribution in [3.05, 3.63) is 0 Å². The lowest BCUT2D eigenvalue weighted by Crippen LogP contribution is -2.48. The molecule has 1 saturated heterocycles. The number of likely N-dealkylation sites (N-methyl/N-ethyl adjacent to an activating group) is 1. The predicted octanol–water partition coefficient (Wildman–Crippen LogP) is -0.306. The minimum atomic E-state index is -3.48. The van der Waals surface area contributed by atoms with Crippen molar-refractivity contribution in [2.45, 2.75) is 13.3 Å². The normalized spacial score (nSPS) is 27.6. The van der Waals surface area contributed by atoms with Gasteiger partial charge in [-0.05, 0) is 12.3 Å².